The van der Waals surface area contributed by atoms with Gasteiger partial charge in [0.1, 0.15) is 22.8 Å². The number of pyridine rings is 3. The molecule has 0 aliphatic carbocycles. The maximum atomic E-state index is 15.5. The van der Waals surface area contributed by atoms with E-state index in [9.17, 15) is 14.0 Å². The van der Waals surface area contributed by atoms with Gasteiger partial charge in [-0.25, -0.2) is 13.8 Å². The van der Waals surface area contributed by atoms with Crippen molar-refractivity contribution >= 4 is 45.1 Å². The first-order chi connectivity index (χ1) is 25.7. The predicted octanol–water partition coefficient (Wildman–Crippen LogP) is 6.94. The standard InChI is InChI=1S/C39H35ClF2N6O5/c1-46-14-16-47(17-15-46)13-4-18-52-36-22-32-27(21-35(36)51-2)33(10-12-43-32)53-34-9-6-24(19-31(34)42)45-39(50)28-23-48(25-7-8-30(41)29(40)20-25)38-26(37(28)49)5-3-11-44-38/h3,5-12,19-23H,4,13-18H2,1-2H3,(H,45,50). The molecule has 11 nitrogen and oxygen atoms in total. The third kappa shape index (κ3) is 7.77. The number of amides is 1. The summed E-state index contributed by atoms with van der Waals surface area (Å²) >= 11 is 6.02. The fourth-order valence-electron chi connectivity index (χ4n) is 6.16. The molecule has 1 amide bonds. The van der Waals surface area contributed by atoms with Crippen molar-refractivity contribution < 1.29 is 27.8 Å². The molecule has 3 aromatic carbocycles. The molecule has 3 aromatic heterocycles. The Balaban J connectivity index is 1.07. The molecule has 7 rings (SSSR count). The largest absolute Gasteiger partial charge is 0.493 e. The van der Waals surface area contributed by atoms with E-state index >= 15 is 4.39 Å². The number of hydrogen-bond donors (Lipinski definition) is 1. The van der Waals surface area contributed by atoms with Crippen LogP contribution >= 0.6 is 11.6 Å². The number of nitrogens with one attached hydrogen (secondary N) is 1. The summed E-state index contributed by atoms with van der Waals surface area (Å²) in [6.45, 7) is 5.67. The maximum absolute atomic E-state index is 15.5. The summed E-state index contributed by atoms with van der Waals surface area (Å²) in [6.07, 6.45) is 5.20. The second-order valence-electron chi connectivity index (χ2n) is 12.6. The van der Waals surface area contributed by atoms with Gasteiger partial charge in [-0.15, -0.1) is 0 Å². The lowest BCUT2D eigenvalue weighted by molar-refractivity contribution is 0.102. The molecular weight excluding hydrogens is 706 g/mol. The molecule has 6 aromatic rings. The molecule has 1 aliphatic rings. The van der Waals surface area contributed by atoms with Crippen molar-refractivity contribution in [2.75, 3.05) is 58.8 Å². The highest BCUT2D eigenvalue weighted by Gasteiger charge is 2.20. The Bertz CT molecular complexity index is 2380. The summed E-state index contributed by atoms with van der Waals surface area (Å²) in [5, 5.41) is 3.17. The second kappa shape index (κ2) is 15.5. The molecule has 0 spiro atoms. The van der Waals surface area contributed by atoms with Crippen LogP contribution in [0.25, 0.3) is 27.6 Å². The van der Waals surface area contributed by atoms with Gasteiger partial charge in [0.05, 0.1) is 29.6 Å². The lowest BCUT2D eigenvalue weighted by Crippen LogP contribution is -2.44. The number of piperazine rings is 1. The summed E-state index contributed by atoms with van der Waals surface area (Å²) < 4.78 is 48.6. The molecule has 0 radical (unpaired) electrons. The molecule has 1 aliphatic heterocycles. The molecule has 0 unspecified atom stereocenters. The SMILES string of the molecule is COc1cc2c(Oc3ccc(NC(=O)c4cn(-c5ccc(F)c(Cl)c5)c5ncccc5c4=O)cc3F)ccnc2cc1OCCCN1CCN(C)CC1. The normalized spacial score (nSPS) is 13.7. The van der Waals surface area contributed by atoms with Crippen LogP contribution in [0.4, 0.5) is 14.5 Å². The highest BCUT2D eigenvalue weighted by molar-refractivity contribution is 6.30. The van der Waals surface area contributed by atoms with Gasteiger partial charge in [-0.1, -0.05) is 11.6 Å². The smallest absolute Gasteiger partial charge is 0.261 e. The first kappa shape index (κ1) is 35.8. The minimum Gasteiger partial charge on any atom is -0.493 e. The van der Waals surface area contributed by atoms with Crippen molar-refractivity contribution in [1.82, 2.24) is 24.3 Å². The van der Waals surface area contributed by atoms with E-state index in [-0.39, 0.29) is 33.1 Å². The number of likely N-dealkylation sites (N-methyl/N-ethyl adjacent to an activating group) is 1. The van der Waals surface area contributed by atoms with Gasteiger partial charge in [0, 0.05) is 80.2 Å². The molecule has 0 atom stereocenters. The minimum absolute atomic E-state index is 0.0811. The first-order valence-corrected chi connectivity index (χ1v) is 17.3. The summed E-state index contributed by atoms with van der Waals surface area (Å²) in [5.41, 5.74) is 0.435. The number of carbonyl (C=O) groups excluding carboxylic acids is 1. The zero-order valence-electron chi connectivity index (χ0n) is 28.9. The van der Waals surface area contributed by atoms with E-state index < -0.39 is 23.0 Å². The molecule has 0 bridgehead atoms. The fourth-order valence-corrected chi connectivity index (χ4v) is 6.34. The van der Waals surface area contributed by atoms with E-state index in [0.29, 0.717) is 40.4 Å². The van der Waals surface area contributed by atoms with Crippen LogP contribution in [-0.4, -0.2) is 83.7 Å². The number of ether oxygens (including phenoxy) is 3. The van der Waals surface area contributed by atoms with Gasteiger partial charge >= 0.3 is 0 Å². The van der Waals surface area contributed by atoms with Crippen molar-refractivity contribution in [1.29, 1.82) is 0 Å². The average Bonchev–Trinajstić information content (AvgIpc) is 3.16. The Kier molecular flexibility index (Phi) is 10.5. The van der Waals surface area contributed by atoms with Crippen LogP contribution in [0.5, 0.6) is 23.0 Å². The molecule has 1 saturated heterocycles. The third-order valence-corrected chi connectivity index (χ3v) is 9.35. The van der Waals surface area contributed by atoms with Gasteiger partial charge in [-0.3, -0.25) is 14.6 Å². The number of rotatable bonds is 11. The number of nitrogens with zero attached hydrogens (tertiary/aromatic N) is 5. The topological polar surface area (TPSA) is 111 Å². The highest BCUT2D eigenvalue weighted by Crippen LogP contribution is 2.38. The summed E-state index contributed by atoms with van der Waals surface area (Å²) in [7, 11) is 3.68. The zero-order valence-corrected chi connectivity index (χ0v) is 29.7. The Morgan fingerprint density at radius 1 is 0.887 bits per heavy atom. The zero-order chi connectivity index (χ0) is 37.1. The third-order valence-electron chi connectivity index (χ3n) is 9.06. The van der Waals surface area contributed by atoms with Crippen LogP contribution in [0.15, 0.2) is 90.1 Å². The number of aromatic nitrogens is 3. The van der Waals surface area contributed by atoms with Gasteiger partial charge in [-0.2, -0.15) is 0 Å². The number of benzene rings is 3. The molecule has 1 fully saturated rings. The number of methoxy groups -OCH3 is 1. The van der Waals surface area contributed by atoms with E-state index in [1.807, 2.05) is 0 Å². The van der Waals surface area contributed by atoms with Crippen LogP contribution in [0.1, 0.15) is 16.8 Å². The molecule has 0 saturated carbocycles. The predicted molar refractivity (Wildman–Crippen MR) is 199 cm³/mol. The Hall–Kier alpha value is -5.63. The van der Waals surface area contributed by atoms with Crippen molar-refractivity contribution in [2.24, 2.45) is 0 Å². The lowest BCUT2D eigenvalue weighted by Gasteiger charge is -2.32. The Morgan fingerprint density at radius 3 is 2.49 bits per heavy atom. The molecule has 272 valence electrons. The number of fused-ring (bicyclic) bond motifs is 2. The molecule has 14 heteroatoms. The van der Waals surface area contributed by atoms with E-state index in [0.717, 1.165) is 45.2 Å². The molecule has 4 heterocycles. The van der Waals surface area contributed by atoms with Crippen LogP contribution in [0.3, 0.4) is 0 Å². The Morgan fingerprint density at radius 2 is 1.72 bits per heavy atom. The molecule has 53 heavy (non-hydrogen) atoms. The fraction of sp³-hybridized carbons (Fsp3) is 0.231. The monoisotopic (exact) mass is 740 g/mol. The Labute approximate surface area is 308 Å². The van der Waals surface area contributed by atoms with E-state index in [1.165, 1.54) is 53.4 Å². The number of carbonyl (C=O) groups is 1. The average molecular weight is 741 g/mol. The van der Waals surface area contributed by atoms with Crippen LogP contribution < -0.4 is 25.0 Å². The lowest BCUT2D eigenvalue weighted by atomic mass is 10.1. The molecular formula is C39H35ClF2N6O5. The van der Waals surface area contributed by atoms with Crippen molar-refractivity contribution in [3.63, 3.8) is 0 Å². The van der Waals surface area contributed by atoms with E-state index in [4.69, 9.17) is 25.8 Å². The van der Waals surface area contributed by atoms with Crippen LogP contribution in [0.2, 0.25) is 5.02 Å². The van der Waals surface area contributed by atoms with Crippen LogP contribution in [0, 0.1) is 11.6 Å². The van der Waals surface area contributed by atoms with Gasteiger partial charge in [0.25, 0.3) is 5.91 Å². The van der Waals surface area contributed by atoms with Crippen molar-refractivity contribution in [3.05, 3.63) is 118 Å². The van der Waals surface area contributed by atoms with E-state index in [2.05, 4.69) is 32.1 Å². The summed E-state index contributed by atoms with van der Waals surface area (Å²) in [4.78, 5) is 40.3. The first-order valence-electron chi connectivity index (χ1n) is 16.9. The van der Waals surface area contributed by atoms with E-state index in [1.54, 1.807) is 37.6 Å². The number of halogens is 3. The van der Waals surface area contributed by atoms with Crippen LogP contribution in [-0.2, 0) is 0 Å². The van der Waals surface area contributed by atoms with Gasteiger partial charge in [0.15, 0.2) is 23.1 Å². The second-order valence-corrected chi connectivity index (χ2v) is 13.0. The van der Waals surface area contributed by atoms with Gasteiger partial charge in [0.2, 0.25) is 5.43 Å². The van der Waals surface area contributed by atoms with Crippen molar-refractivity contribution in [3.8, 4) is 28.7 Å². The summed E-state index contributed by atoms with van der Waals surface area (Å²) in [5.74, 6) is -0.922. The van der Waals surface area contributed by atoms with Gasteiger partial charge in [-0.05, 0) is 68.1 Å². The highest BCUT2D eigenvalue weighted by atomic mass is 35.5. The molecule has 1 N–H and O–H groups in total. The number of anilines is 1. The van der Waals surface area contributed by atoms with Crippen molar-refractivity contribution in [2.45, 2.75) is 6.42 Å². The summed E-state index contributed by atoms with van der Waals surface area (Å²) in [6, 6.07) is 16.1. The minimum atomic E-state index is -0.791. The number of hydrogen-bond acceptors (Lipinski definition) is 9. The quantitative estimate of drug-likeness (QED) is 0.141. The van der Waals surface area contributed by atoms with Gasteiger partial charge < -0.3 is 33.9 Å². The maximum Gasteiger partial charge on any atom is 0.261 e.